The van der Waals surface area contributed by atoms with Crippen LogP contribution in [-0.4, -0.2) is 11.0 Å². The lowest BCUT2D eigenvalue weighted by molar-refractivity contribution is -0.131. The number of carbonyl (C=O) groups is 1. The van der Waals surface area contributed by atoms with Gasteiger partial charge in [0.1, 0.15) is 16.8 Å². The van der Waals surface area contributed by atoms with E-state index < -0.39 is 0 Å². The smallest absolute Gasteiger partial charge is 0.308 e. The van der Waals surface area contributed by atoms with Gasteiger partial charge in [-0.15, -0.1) is 11.3 Å². The molecule has 0 aliphatic rings. The lowest BCUT2D eigenvalue weighted by Gasteiger charge is -2.01. The topological polar surface area (TPSA) is 63.0 Å². The van der Waals surface area contributed by atoms with E-state index in [4.69, 9.17) is 4.74 Å². The zero-order valence-corrected chi connectivity index (χ0v) is 16.2. The van der Waals surface area contributed by atoms with Gasteiger partial charge in [-0.3, -0.25) is 4.79 Å². The van der Waals surface area contributed by atoms with Gasteiger partial charge in [-0.25, -0.2) is 4.98 Å². The zero-order valence-electron chi connectivity index (χ0n) is 13.8. The standard InChI is InChI=1S/C20H13BrN2O2S/c1-13(24)25-18-8-2-14(3-9-18)10-16(11-22)20-23-19(12-26-20)15-4-6-17(21)7-5-15/h2-10,12H,1H3/b16-10+. The van der Waals surface area contributed by atoms with E-state index in [-0.39, 0.29) is 5.97 Å². The fourth-order valence-electron chi connectivity index (χ4n) is 2.26. The number of halogens is 1. The number of nitriles is 1. The van der Waals surface area contributed by atoms with Crippen LogP contribution in [0.4, 0.5) is 0 Å². The average molecular weight is 425 g/mol. The van der Waals surface area contributed by atoms with Crippen molar-refractivity contribution in [2.45, 2.75) is 6.92 Å². The largest absolute Gasteiger partial charge is 0.427 e. The maximum absolute atomic E-state index is 11.0. The summed E-state index contributed by atoms with van der Waals surface area (Å²) < 4.78 is 6.01. The third-order valence-corrected chi connectivity index (χ3v) is 4.85. The summed E-state index contributed by atoms with van der Waals surface area (Å²) in [4.78, 5) is 15.5. The van der Waals surface area contributed by atoms with Crippen molar-refractivity contribution >= 4 is 44.9 Å². The molecule has 0 radical (unpaired) electrons. The van der Waals surface area contributed by atoms with Gasteiger partial charge in [-0.05, 0) is 35.9 Å². The highest BCUT2D eigenvalue weighted by Gasteiger charge is 2.09. The molecule has 0 saturated heterocycles. The average Bonchev–Trinajstić information content (AvgIpc) is 3.11. The lowest BCUT2D eigenvalue weighted by Crippen LogP contribution is -2.00. The molecule has 0 aliphatic heterocycles. The van der Waals surface area contributed by atoms with Crippen LogP contribution in [0.25, 0.3) is 22.9 Å². The molecular formula is C20H13BrN2O2S. The van der Waals surface area contributed by atoms with Crippen molar-refractivity contribution in [1.82, 2.24) is 4.98 Å². The van der Waals surface area contributed by atoms with Gasteiger partial charge in [0.15, 0.2) is 0 Å². The Morgan fingerprint density at radius 1 is 1.19 bits per heavy atom. The lowest BCUT2D eigenvalue weighted by atomic mass is 10.1. The summed E-state index contributed by atoms with van der Waals surface area (Å²) in [5.74, 6) is 0.106. The normalized spacial score (nSPS) is 11.0. The first-order valence-corrected chi connectivity index (χ1v) is 9.34. The molecule has 0 atom stereocenters. The zero-order chi connectivity index (χ0) is 18.5. The summed E-state index contributed by atoms with van der Waals surface area (Å²) in [6, 6.07) is 17.0. The SMILES string of the molecule is CC(=O)Oc1ccc(/C=C(\C#N)c2nc(-c3ccc(Br)cc3)cs2)cc1. The number of aromatic nitrogens is 1. The number of hydrogen-bond donors (Lipinski definition) is 0. The monoisotopic (exact) mass is 424 g/mol. The van der Waals surface area contributed by atoms with Crippen molar-refractivity contribution in [2.75, 3.05) is 0 Å². The minimum Gasteiger partial charge on any atom is -0.427 e. The quantitative estimate of drug-likeness (QED) is 0.312. The number of rotatable bonds is 4. The van der Waals surface area contributed by atoms with Crippen molar-refractivity contribution in [3.05, 3.63) is 69.0 Å². The highest BCUT2D eigenvalue weighted by atomic mass is 79.9. The Labute approximate surface area is 163 Å². The van der Waals surface area contributed by atoms with E-state index in [0.29, 0.717) is 16.3 Å². The van der Waals surface area contributed by atoms with Crippen molar-refractivity contribution in [2.24, 2.45) is 0 Å². The van der Waals surface area contributed by atoms with Gasteiger partial charge in [0, 0.05) is 22.3 Å². The second-order valence-electron chi connectivity index (χ2n) is 5.38. The fraction of sp³-hybridized carbons (Fsp3) is 0.0500. The van der Waals surface area contributed by atoms with Crippen molar-refractivity contribution in [1.29, 1.82) is 5.26 Å². The maximum Gasteiger partial charge on any atom is 0.308 e. The molecule has 1 heterocycles. The van der Waals surface area contributed by atoms with E-state index in [1.807, 2.05) is 29.6 Å². The van der Waals surface area contributed by atoms with Crippen LogP contribution in [0.15, 0.2) is 58.4 Å². The molecular weight excluding hydrogens is 412 g/mol. The summed E-state index contributed by atoms with van der Waals surface area (Å²) in [6.07, 6.45) is 1.77. The first kappa shape index (κ1) is 18.1. The third-order valence-electron chi connectivity index (χ3n) is 3.45. The van der Waals surface area contributed by atoms with Crippen LogP contribution in [0.3, 0.4) is 0 Å². The molecule has 1 aromatic heterocycles. The molecule has 4 nitrogen and oxygen atoms in total. The third kappa shape index (κ3) is 4.45. The molecule has 0 unspecified atom stereocenters. The first-order valence-electron chi connectivity index (χ1n) is 7.67. The summed E-state index contributed by atoms with van der Waals surface area (Å²) in [5, 5.41) is 12.1. The van der Waals surface area contributed by atoms with E-state index in [2.05, 4.69) is 27.0 Å². The summed E-state index contributed by atoms with van der Waals surface area (Å²) in [5.41, 5.74) is 3.15. The van der Waals surface area contributed by atoms with Crippen LogP contribution in [0.1, 0.15) is 17.5 Å². The van der Waals surface area contributed by atoms with Gasteiger partial charge in [0.25, 0.3) is 0 Å². The molecule has 6 heteroatoms. The molecule has 3 aromatic rings. The molecule has 0 aliphatic carbocycles. The maximum atomic E-state index is 11.0. The minimum absolute atomic E-state index is 0.366. The highest BCUT2D eigenvalue weighted by molar-refractivity contribution is 9.10. The van der Waals surface area contributed by atoms with E-state index in [1.54, 1.807) is 30.3 Å². The number of carbonyl (C=O) groups excluding carboxylic acids is 1. The molecule has 0 bridgehead atoms. The molecule has 128 valence electrons. The number of thiazole rings is 1. The number of allylic oxidation sites excluding steroid dienone is 1. The highest BCUT2D eigenvalue weighted by Crippen LogP contribution is 2.28. The summed E-state index contributed by atoms with van der Waals surface area (Å²) in [7, 11) is 0. The van der Waals surface area contributed by atoms with E-state index in [1.165, 1.54) is 18.3 Å². The van der Waals surface area contributed by atoms with Gasteiger partial charge in [-0.1, -0.05) is 40.2 Å². The second-order valence-corrected chi connectivity index (χ2v) is 7.15. The number of nitrogens with zero attached hydrogens (tertiary/aromatic N) is 2. The molecule has 0 saturated carbocycles. The van der Waals surface area contributed by atoms with E-state index >= 15 is 0 Å². The molecule has 0 N–H and O–H groups in total. The molecule has 0 amide bonds. The Kier molecular flexibility index (Phi) is 5.61. The fourth-order valence-corrected chi connectivity index (χ4v) is 3.32. The number of ether oxygens (including phenoxy) is 1. The van der Waals surface area contributed by atoms with Crippen LogP contribution in [-0.2, 0) is 4.79 Å². The molecule has 2 aromatic carbocycles. The number of hydrogen-bond acceptors (Lipinski definition) is 5. The van der Waals surface area contributed by atoms with Gasteiger partial charge in [-0.2, -0.15) is 5.26 Å². The molecule has 0 spiro atoms. The molecule has 26 heavy (non-hydrogen) atoms. The Morgan fingerprint density at radius 2 is 1.88 bits per heavy atom. The predicted octanol–water partition coefficient (Wildman–Crippen LogP) is 5.56. The van der Waals surface area contributed by atoms with Gasteiger partial charge in [0.05, 0.1) is 11.3 Å². The number of esters is 1. The van der Waals surface area contributed by atoms with Crippen LogP contribution < -0.4 is 4.74 Å². The van der Waals surface area contributed by atoms with Crippen LogP contribution in [0.2, 0.25) is 0 Å². The van der Waals surface area contributed by atoms with E-state index in [0.717, 1.165) is 21.3 Å². The summed E-state index contributed by atoms with van der Waals surface area (Å²) in [6.45, 7) is 1.35. The van der Waals surface area contributed by atoms with Crippen LogP contribution in [0, 0.1) is 11.3 Å². The number of benzene rings is 2. The minimum atomic E-state index is -0.366. The van der Waals surface area contributed by atoms with Crippen molar-refractivity contribution in [3.8, 4) is 23.1 Å². The Balaban J connectivity index is 1.85. The van der Waals surface area contributed by atoms with Gasteiger partial charge >= 0.3 is 5.97 Å². The Hall–Kier alpha value is -2.75. The van der Waals surface area contributed by atoms with E-state index in [9.17, 15) is 10.1 Å². The van der Waals surface area contributed by atoms with Crippen LogP contribution >= 0.6 is 27.3 Å². The second kappa shape index (κ2) is 8.09. The predicted molar refractivity (Wildman–Crippen MR) is 106 cm³/mol. The molecule has 0 fully saturated rings. The van der Waals surface area contributed by atoms with Crippen LogP contribution in [0.5, 0.6) is 5.75 Å². The first-order chi connectivity index (χ1) is 12.5. The van der Waals surface area contributed by atoms with Crippen molar-refractivity contribution in [3.63, 3.8) is 0 Å². The molecule has 3 rings (SSSR count). The van der Waals surface area contributed by atoms with Gasteiger partial charge < -0.3 is 4.74 Å². The Bertz CT molecular complexity index is 1000. The Morgan fingerprint density at radius 3 is 2.50 bits per heavy atom. The van der Waals surface area contributed by atoms with Gasteiger partial charge in [0.2, 0.25) is 0 Å². The summed E-state index contributed by atoms with van der Waals surface area (Å²) >= 11 is 4.84. The van der Waals surface area contributed by atoms with Crippen molar-refractivity contribution < 1.29 is 9.53 Å².